The summed E-state index contributed by atoms with van der Waals surface area (Å²) >= 11 is 4.42. The second-order valence-electron chi connectivity index (χ2n) is 4.37. The van der Waals surface area contributed by atoms with E-state index in [-0.39, 0.29) is 18.1 Å². The Morgan fingerprint density at radius 1 is 1.43 bits per heavy atom. The number of hydrogen-bond donors (Lipinski definition) is 0. The number of halogens is 4. The van der Waals surface area contributed by atoms with Gasteiger partial charge in [-0.2, -0.15) is 0 Å². The third kappa shape index (κ3) is 3.00. The highest BCUT2D eigenvalue weighted by molar-refractivity contribution is 9.10. The minimum atomic E-state index is -4.75. The average Bonchev–Trinajstić information content (AvgIpc) is 2.94. The molecule has 1 aromatic carbocycles. The Morgan fingerprint density at radius 3 is 2.83 bits per heavy atom. The van der Waals surface area contributed by atoms with Crippen molar-refractivity contribution < 1.29 is 27.4 Å². The molecule has 0 aliphatic heterocycles. The Hall–Kier alpha value is -1.81. The maximum absolute atomic E-state index is 12.3. The first-order valence-corrected chi connectivity index (χ1v) is 7.94. The van der Waals surface area contributed by atoms with Gasteiger partial charge in [0.25, 0.3) is 0 Å². The Labute approximate surface area is 139 Å². The van der Waals surface area contributed by atoms with E-state index in [4.69, 9.17) is 4.74 Å². The van der Waals surface area contributed by atoms with Gasteiger partial charge in [0.1, 0.15) is 10.4 Å². The highest BCUT2D eigenvalue weighted by Crippen LogP contribution is 2.35. The highest BCUT2D eigenvalue weighted by atomic mass is 79.9. The van der Waals surface area contributed by atoms with Gasteiger partial charge >= 0.3 is 12.3 Å². The molecule has 0 saturated carbocycles. The van der Waals surface area contributed by atoms with E-state index in [0.717, 1.165) is 11.3 Å². The number of aromatic nitrogens is 2. The van der Waals surface area contributed by atoms with Crippen molar-refractivity contribution in [2.75, 3.05) is 6.61 Å². The SMILES string of the molecule is CCOC(=O)c1nc2sc3cc(OC(F)(F)F)ccc3n2c1Br. The number of alkyl halides is 3. The van der Waals surface area contributed by atoms with Crippen molar-refractivity contribution in [1.29, 1.82) is 0 Å². The van der Waals surface area contributed by atoms with Crippen LogP contribution in [0, 0.1) is 0 Å². The topological polar surface area (TPSA) is 52.8 Å². The summed E-state index contributed by atoms with van der Waals surface area (Å²) in [6.07, 6.45) is -4.75. The minimum Gasteiger partial charge on any atom is -0.461 e. The number of fused-ring (bicyclic) bond motifs is 3. The summed E-state index contributed by atoms with van der Waals surface area (Å²) in [4.78, 5) is 16.4. The van der Waals surface area contributed by atoms with Gasteiger partial charge < -0.3 is 9.47 Å². The zero-order valence-corrected chi connectivity index (χ0v) is 13.9. The molecular formula is C13H8BrF3N2O3S. The summed E-state index contributed by atoms with van der Waals surface area (Å²) < 4.78 is 48.2. The van der Waals surface area contributed by atoms with E-state index in [1.54, 1.807) is 11.3 Å². The number of imidazole rings is 1. The third-order valence-corrected chi connectivity index (χ3v) is 4.60. The third-order valence-electron chi connectivity index (χ3n) is 2.87. The number of carbonyl (C=O) groups excluding carboxylic acids is 1. The van der Waals surface area contributed by atoms with Gasteiger partial charge in [-0.15, -0.1) is 13.2 Å². The van der Waals surface area contributed by atoms with Crippen molar-refractivity contribution in [2.45, 2.75) is 13.3 Å². The zero-order chi connectivity index (χ0) is 16.8. The summed E-state index contributed by atoms with van der Waals surface area (Å²) in [5, 5.41) is 0. The van der Waals surface area contributed by atoms with Crippen molar-refractivity contribution in [3.05, 3.63) is 28.5 Å². The molecule has 10 heteroatoms. The van der Waals surface area contributed by atoms with Gasteiger partial charge in [-0.05, 0) is 41.1 Å². The molecule has 0 fully saturated rings. The fourth-order valence-corrected chi connectivity index (χ4v) is 3.83. The number of carbonyl (C=O) groups is 1. The van der Waals surface area contributed by atoms with Gasteiger partial charge in [-0.25, -0.2) is 9.78 Å². The molecule has 0 radical (unpaired) electrons. The first-order chi connectivity index (χ1) is 10.8. The molecule has 2 aromatic heterocycles. The first kappa shape index (κ1) is 16.1. The minimum absolute atomic E-state index is 0.121. The van der Waals surface area contributed by atoms with E-state index in [9.17, 15) is 18.0 Å². The lowest BCUT2D eigenvalue weighted by molar-refractivity contribution is -0.274. The molecule has 2 heterocycles. The number of ether oxygens (including phenoxy) is 2. The molecule has 0 spiro atoms. The standard InChI is InChI=1S/C13H8BrF3N2O3S/c1-2-21-11(20)9-10(14)19-7-4-3-6(22-13(15,16)17)5-8(7)23-12(19)18-9/h3-5H,2H2,1H3. The Bertz CT molecular complexity index is 903. The molecule has 3 aromatic rings. The van der Waals surface area contributed by atoms with Crippen LogP contribution in [-0.2, 0) is 4.74 Å². The summed E-state index contributed by atoms with van der Waals surface area (Å²) in [5.74, 6) is -0.878. The van der Waals surface area contributed by atoms with Gasteiger partial charge in [0.2, 0.25) is 0 Å². The molecule has 3 rings (SSSR count). The van der Waals surface area contributed by atoms with Crippen LogP contribution in [0.25, 0.3) is 15.2 Å². The van der Waals surface area contributed by atoms with Crippen LogP contribution in [0.5, 0.6) is 5.75 Å². The van der Waals surface area contributed by atoms with Crippen molar-refractivity contribution in [3.8, 4) is 5.75 Å². The highest BCUT2D eigenvalue weighted by Gasteiger charge is 2.31. The van der Waals surface area contributed by atoms with Gasteiger partial charge in [0.15, 0.2) is 10.7 Å². The molecule has 0 amide bonds. The van der Waals surface area contributed by atoms with Crippen LogP contribution >= 0.6 is 27.3 Å². The first-order valence-electron chi connectivity index (χ1n) is 6.33. The van der Waals surface area contributed by atoms with Crippen molar-refractivity contribution >= 4 is 48.4 Å². The number of benzene rings is 1. The van der Waals surface area contributed by atoms with Gasteiger partial charge in [0.05, 0.1) is 16.8 Å². The quantitative estimate of drug-likeness (QED) is 0.603. The molecule has 0 aliphatic rings. The fourth-order valence-electron chi connectivity index (χ4n) is 2.04. The van der Waals surface area contributed by atoms with Crippen LogP contribution in [0.4, 0.5) is 13.2 Å². The lowest BCUT2D eigenvalue weighted by Gasteiger charge is -2.08. The molecule has 0 atom stereocenters. The molecule has 0 unspecified atom stereocenters. The number of esters is 1. The van der Waals surface area contributed by atoms with E-state index in [2.05, 4.69) is 25.7 Å². The summed E-state index contributed by atoms with van der Waals surface area (Å²) in [7, 11) is 0. The number of nitrogens with zero attached hydrogens (tertiary/aromatic N) is 2. The molecule has 122 valence electrons. The molecular weight excluding hydrogens is 401 g/mol. The fraction of sp³-hybridized carbons (Fsp3) is 0.231. The summed E-state index contributed by atoms with van der Waals surface area (Å²) in [5.41, 5.74) is 0.727. The lowest BCUT2D eigenvalue weighted by Crippen LogP contribution is -2.16. The maximum Gasteiger partial charge on any atom is 0.573 e. The number of rotatable bonds is 3. The van der Waals surface area contributed by atoms with Crippen molar-refractivity contribution in [2.24, 2.45) is 0 Å². The summed E-state index contributed by atoms with van der Waals surface area (Å²) in [6, 6.07) is 3.96. The van der Waals surface area contributed by atoms with Crippen LogP contribution in [0.1, 0.15) is 17.4 Å². The smallest absolute Gasteiger partial charge is 0.461 e. The Balaban J connectivity index is 2.09. The van der Waals surface area contributed by atoms with Gasteiger partial charge in [0, 0.05) is 0 Å². The van der Waals surface area contributed by atoms with Crippen LogP contribution in [0.15, 0.2) is 22.8 Å². The molecule has 5 nitrogen and oxygen atoms in total. The van der Waals surface area contributed by atoms with Crippen molar-refractivity contribution in [3.63, 3.8) is 0 Å². The molecule has 0 saturated heterocycles. The van der Waals surface area contributed by atoms with Crippen LogP contribution in [-0.4, -0.2) is 28.3 Å². The van der Waals surface area contributed by atoms with Crippen molar-refractivity contribution in [1.82, 2.24) is 9.38 Å². The Morgan fingerprint density at radius 2 is 2.17 bits per heavy atom. The van der Waals surface area contributed by atoms with E-state index < -0.39 is 12.3 Å². The predicted molar refractivity (Wildman–Crippen MR) is 80.9 cm³/mol. The Kier molecular flexibility index (Phi) is 3.96. The molecule has 0 N–H and O–H groups in total. The van der Waals surface area contributed by atoms with Crippen LogP contribution in [0.2, 0.25) is 0 Å². The van der Waals surface area contributed by atoms with Crippen LogP contribution in [0.3, 0.4) is 0 Å². The van der Waals surface area contributed by atoms with Gasteiger partial charge in [-0.1, -0.05) is 11.3 Å². The predicted octanol–water partition coefficient (Wildman–Crippen LogP) is 4.39. The van der Waals surface area contributed by atoms with E-state index >= 15 is 0 Å². The zero-order valence-electron chi connectivity index (χ0n) is 11.5. The normalized spacial score (nSPS) is 12.0. The number of hydrogen-bond acceptors (Lipinski definition) is 5. The second kappa shape index (κ2) is 5.68. The van der Waals surface area contributed by atoms with E-state index in [1.165, 1.54) is 18.2 Å². The second-order valence-corrected chi connectivity index (χ2v) is 6.13. The molecule has 0 bridgehead atoms. The van der Waals surface area contributed by atoms with E-state index in [1.807, 2.05) is 0 Å². The lowest BCUT2D eigenvalue weighted by atomic mass is 10.3. The van der Waals surface area contributed by atoms with Gasteiger partial charge in [-0.3, -0.25) is 4.40 Å². The molecule has 23 heavy (non-hydrogen) atoms. The van der Waals surface area contributed by atoms with E-state index in [0.29, 0.717) is 19.8 Å². The largest absolute Gasteiger partial charge is 0.573 e. The molecule has 0 aliphatic carbocycles. The average molecular weight is 409 g/mol. The number of thiazole rings is 1. The van der Waals surface area contributed by atoms with Crippen LogP contribution < -0.4 is 4.74 Å². The summed E-state index contributed by atoms with van der Waals surface area (Å²) in [6.45, 7) is 1.90. The maximum atomic E-state index is 12.3. The monoisotopic (exact) mass is 408 g/mol.